The molecule has 0 aliphatic carbocycles. The van der Waals surface area contributed by atoms with Gasteiger partial charge in [0.1, 0.15) is 5.69 Å². The van der Waals surface area contributed by atoms with Crippen LogP contribution in [0.4, 0.5) is 14.5 Å². The molecule has 0 aliphatic rings. The molecule has 18 heavy (non-hydrogen) atoms. The summed E-state index contributed by atoms with van der Waals surface area (Å²) in [6.45, 7) is 2.35. The van der Waals surface area contributed by atoms with E-state index in [9.17, 15) is 8.78 Å². The molecular formula is C13H16F2N2O. The van der Waals surface area contributed by atoms with Crippen molar-refractivity contribution in [1.29, 1.82) is 5.26 Å². The summed E-state index contributed by atoms with van der Waals surface area (Å²) in [7, 11) is 1.54. The monoisotopic (exact) mass is 254 g/mol. The van der Waals surface area contributed by atoms with E-state index in [4.69, 9.17) is 10.00 Å². The number of methoxy groups -OCH3 is 1. The second-order valence-electron chi connectivity index (χ2n) is 4.01. The van der Waals surface area contributed by atoms with Gasteiger partial charge in [0.15, 0.2) is 11.6 Å². The van der Waals surface area contributed by atoms with Crippen LogP contribution in [0.15, 0.2) is 12.1 Å². The Morgan fingerprint density at radius 3 is 2.44 bits per heavy atom. The highest BCUT2D eigenvalue weighted by molar-refractivity contribution is 5.51. The van der Waals surface area contributed by atoms with Crippen LogP contribution in [-0.4, -0.2) is 19.8 Å². The number of hydrogen-bond donors (Lipinski definition) is 1. The number of nitriles is 1. The zero-order valence-electron chi connectivity index (χ0n) is 10.5. The summed E-state index contributed by atoms with van der Waals surface area (Å²) in [6, 6.07) is 3.58. The summed E-state index contributed by atoms with van der Waals surface area (Å²) < 4.78 is 32.3. The number of rotatable bonds is 6. The zero-order chi connectivity index (χ0) is 13.5. The van der Waals surface area contributed by atoms with Crippen molar-refractivity contribution >= 4 is 5.69 Å². The lowest BCUT2D eigenvalue weighted by Gasteiger charge is -2.19. The summed E-state index contributed by atoms with van der Waals surface area (Å²) >= 11 is 0. The standard InChI is InChI=1S/C13H16F2N2O/c1-3-4-10(8-18-2)17-13-11(14)5-9(7-16)6-12(13)15/h5-6,10,17H,3-4,8H2,1-2H3. The summed E-state index contributed by atoms with van der Waals surface area (Å²) in [5.41, 5.74) is -0.237. The van der Waals surface area contributed by atoms with Crippen LogP contribution in [0.2, 0.25) is 0 Å². The molecule has 0 fully saturated rings. The minimum Gasteiger partial charge on any atom is -0.383 e. The van der Waals surface area contributed by atoms with Gasteiger partial charge in [-0.15, -0.1) is 0 Å². The highest BCUT2D eigenvalue weighted by Gasteiger charge is 2.15. The second-order valence-corrected chi connectivity index (χ2v) is 4.01. The van der Waals surface area contributed by atoms with E-state index < -0.39 is 11.6 Å². The fourth-order valence-corrected chi connectivity index (χ4v) is 1.73. The first-order valence-electron chi connectivity index (χ1n) is 5.77. The average molecular weight is 254 g/mol. The van der Waals surface area contributed by atoms with Gasteiger partial charge in [0, 0.05) is 13.2 Å². The van der Waals surface area contributed by atoms with Crippen LogP contribution in [0.3, 0.4) is 0 Å². The number of hydrogen-bond acceptors (Lipinski definition) is 3. The van der Waals surface area contributed by atoms with E-state index in [1.165, 1.54) is 7.11 Å². The van der Waals surface area contributed by atoms with E-state index in [0.717, 1.165) is 25.0 Å². The molecular weight excluding hydrogens is 238 g/mol. The Labute approximate surface area is 105 Å². The predicted molar refractivity (Wildman–Crippen MR) is 65.3 cm³/mol. The number of ether oxygens (including phenoxy) is 1. The van der Waals surface area contributed by atoms with Crippen LogP contribution in [0, 0.1) is 23.0 Å². The lowest BCUT2D eigenvalue weighted by Crippen LogP contribution is -2.25. The lowest BCUT2D eigenvalue weighted by atomic mass is 10.1. The van der Waals surface area contributed by atoms with Gasteiger partial charge in [-0.3, -0.25) is 0 Å². The Hall–Kier alpha value is -1.67. The van der Waals surface area contributed by atoms with Gasteiger partial charge < -0.3 is 10.1 Å². The molecule has 0 bridgehead atoms. The molecule has 0 aliphatic heterocycles. The van der Waals surface area contributed by atoms with Gasteiger partial charge in [0.25, 0.3) is 0 Å². The van der Waals surface area contributed by atoms with E-state index in [1.54, 1.807) is 6.07 Å². The first-order chi connectivity index (χ1) is 8.62. The predicted octanol–water partition coefficient (Wildman–Crippen LogP) is 3.06. The molecule has 1 atom stereocenters. The molecule has 0 spiro atoms. The van der Waals surface area contributed by atoms with E-state index in [0.29, 0.717) is 6.61 Å². The molecule has 1 N–H and O–H groups in total. The summed E-state index contributed by atoms with van der Waals surface area (Å²) in [4.78, 5) is 0. The van der Waals surface area contributed by atoms with Crippen LogP contribution in [0.5, 0.6) is 0 Å². The number of halogens is 2. The Morgan fingerprint density at radius 1 is 1.39 bits per heavy atom. The largest absolute Gasteiger partial charge is 0.383 e. The molecule has 0 radical (unpaired) electrons. The van der Waals surface area contributed by atoms with Crippen molar-refractivity contribution in [3.05, 3.63) is 29.3 Å². The third-order valence-corrected chi connectivity index (χ3v) is 2.52. The highest BCUT2D eigenvalue weighted by atomic mass is 19.1. The first-order valence-corrected chi connectivity index (χ1v) is 5.77. The van der Waals surface area contributed by atoms with Crippen molar-refractivity contribution < 1.29 is 13.5 Å². The van der Waals surface area contributed by atoms with Gasteiger partial charge in [-0.2, -0.15) is 5.26 Å². The van der Waals surface area contributed by atoms with Gasteiger partial charge in [-0.25, -0.2) is 8.78 Å². The van der Waals surface area contributed by atoms with Gasteiger partial charge in [0.05, 0.1) is 18.2 Å². The van der Waals surface area contributed by atoms with Crippen molar-refractivity contribution in [1.82, 2.24) is 0 Å². The topological polar surface area (TPSA) is 45.0 Å². The first kappa shape index (κ1) is 14.4. The minimum absolute atomic E-state index is 0.0330. The smallest absolute Gasteiger partial charge is 0.150 e. The second kappa shape index (κ2) is 6.92. The Kier molecular flexibility index (Phi) is 5.53. The lowest BCUT2D eigenvalue weighted by molar-refractivity contribution is 0.182. The van der Waals surface area contributed by atoms with Crippen LogP contribution in [0.1, 0.15) is 25.3 Å². The molecule has 1 unspecified atom stereocenters. The Bertz CT molecular complexity index is 414. The van der Waals surface area contributed by atoms with Gasteiger partial charge >= 0.3 is 0 Å². The molecule has 5 heteroatoms. The van der Waals surface area contributed by atoms with E-state index >= 15 is 0 Å². The number of nitrogens with zero attached hydrogens (tertiary/aromatic N) is 1. The highest BCUT2D eigenvalue weighted by Crippen LogP contribution is 2.22. The van der Waals surface area contributed by atoms with E-state index in [2.05, 4.69) is 5.32 Å². The van der Waals surface area contributed by atoms with Crippen molar-refractivity contribution in [2.45, 2.75) is 25.8 Å². The molecule has 0 saturated heterocycles. The molecule has 3 nitrogen and oxygen atoms in total. The number of anilines is 1. The van der Waals surface area contributed by atoms with Crippen molar-refractivity contribution in [2.75, 3.05) is 19.0 Å². The van der Waals surface area contributed by atoms with Crippen LogP contribution < -0.4 is 5.32 Å². The third-order valence-electron chi connectivity index (χ3n) is 2.52. The molecule has 0 amide bonds. The van der Waals surface area contributed by atoms with Crippen LogP contribution >= 0.6 is 0 Å². The van der Waals surface area contributed by atoms with Crippen LogP contribution in [-0.2, 0) is 4.74 Å². The quantitative estimate of drug-likeness (QED) is 0.848. The maximum Gasteiger partial charge on any atom is 0.150 e. The number of benzene rings is 1. The maximum atomic E-state index is 13.6. The summed E-state index contributed by atoms with van der Waals surface area (Å²) in [5.74, 6) is -1.52. The van der Waals surface area contributed by atoms with Gasteiger partial charge in [-0.1, -0.05) is 13.3 Å². The van der Waals surface area contributed by atoms with Crippen molar-refractivity contribution in [3.63, 3.8) is 0 Å². The Morgan fingerprint density at radius 2 is 2.00 bits per heavy atom. The molecule has 98 valence electrons. The van der Waals surface area contributed by atoms with Crippen LogP contribution in [0.25, 0.3) is 0 Å². The van der Waals surface area contributed by atoms with E-state index in [1.807, 2.05) is 6.92 Å². The molecule has 1 aromatic rings. The SMILES string of the molecule is CCCC(COC)Nc1c(F)cc(C#N)cc1F. The summed E-state index contributed by atoms with van der Waals surface area (Å²) in [5, 5.41) is 11.4. The average Bonchev–Trinajstić information content (AvgIpc) is 2.33. The normalized spacial score (nSPS) is 11.9. The molecule has 0 saturated carbocycles. The molecule has 1 rings (SSSR count). The minimum atomic E-state index is -0.760. The Balaban J connectivity index is 2.92. The van der Waals surface area contributed by atoms with Gasteiger partial charge in [-0.05, 0) is 18.6 Å². The van der Waals surface area contributed by atoms with E-state index in [-0.39, 0.29) is 17.3 Å². The fourth-order valence-electron chi connectivity index (χ4n) is 1.73. The molecule has 0 heterocycles. The van der Waals surface area contributed by atoms with Crippen molar-refractivity contribution in [2.24, 2.45) is 0 Å². The zero-order valence-corrected chi connectivity index (χ0v) is 10.5. The van der Waals surface area contributed by atoms with Crippen molar-refractivity contribution in [3.8, 4) is 6.07 Å². The maximum absolute atomic E-state index is 13.6. The third kappa shape index (κ3) is 3.67. The summed E-state index contributed by atoms with van der Waals surface area (Å²) in [6.07, 6.45) is 1.62. The number of nitrogens with one attached hydrogen (secondary N) is 1. The molecule has 0 aromatic heterocycles. The van der Waals surface area contributed by atoms with Gasteiger partial charge in [0.2, 0.25) is 0 Å². The fraction of sp³-hybridized carbons (Fsp3) is 0.462. The molecule has 1 aromatic carbocycles.